The van der Waals surface area contributed by atoms with Crippen molar-refractivity contribution in [1.82, 2.24) is 10.2 Å². The van der Waals surface area contributed by atoms with Gasteiger partial charge in [0.25, 0.3) is 0 Å². The Kier molecular flexibility index (Phi) is 8.87. The van der Waals surface area contributed by atoms with Crippen LogP contribution in [0.3, 0.4) is 0 Å². The number of benzene rings is 2. The lowest BCUT2D eigenvalue weighted by atomic mass is 10.1. The zero-order chi connectivity index (χ0) is 20.5. The zero-order valence-corrected chi connectivity index (χ0v) is 18.1. The minimum absolute atomic E-state index is 0.0800. The molecule has 150 valence electrons. The van der Waals surface area contributed by atoms with Crippen molar-refractivity contribution in [3.63, 3.8) is 0 Å². The van der Waals surface area contributed by atoms with Gasteiger partial charge >= 0.3 is 0 Å². The number of hydrogen-bond donors (Lipinski definition) is 1. The van der Waals surface area contributed by atoms with Crippen LogP contribution in [-0.2, 0) is 16.1 Å². The average Bonchev–Trinajstić information content (AvgIpc) is 2.69. The molecule has 2 amide bonds. The number of thioether (sulfide) groups is 1. The van der Waals surface area contributed by atoms with Gasteiger partial charge in [-0.25, -0.2) is 0 Å². The lowest BCUT2D eigenvalue weighted by Crippen LogP contribution is -2.49. The van der Waals surface area contributed by atoms with E-state index >= 15 is 0 Å². The fourth-order valence-electron chi connectivity index (χ4n) is 2.88. The highest BCUT2D eigenvalue weighted by Crippen LogP contribution is 2.23. The summed E-state index contributed by atoms with van der Waals surface area (Å²) >= 11 is 7.78. The number of hydrogen-bond acceptors (Lipinski definition) is 3. The topological polar surface area (TPSA) is 49.4 Å². The van der Waals surface area contributed by atoms with Gasteiger partial charge in [0.2, 0.25) is 11.8 Å². The molecule has 2 aromatic rings. The highest BCUT2D eigenvalue weighted by Gasteiger charge is 2.28. The number of amides is 2. The first-order valence-electron chi connectivity index (χ1n) is 9.46. The van der Waals surface area contributed by atoms with Crippen molar-refractivity contribution in [2.45, 2.75) is 44.7 Å². The number of likely N-dealkylation sites (N-methyl/N-ethyl adjacent to an activating group) is 1. The highest BCUT2D eigenvalue weighted by molar-refractivity contribution is 8.00. The van der Waals surface area contributed by atoms with Crippen LogP contribution >= 0.6 is 23.4 Å². The molecule has 2 aromatic carbocycles. The maximum atomic E-state index is 13.1. The van der Waals surface area contributed by atoms with Gasteiger partial charge in [0.15, 0.2) is 0 Å². The summed E-state index contributed by atoms with van der Waals surface area (Å²) in [7, 11) is 0. The zero-order valence-electron chi connectivity index (χ0n) is 16.6. The third-order valence-corrected chi connectivity index (χ3v) is 5.78. The standard InChI is InChI=1S/C22H27ClN2O2S/c1-4-20(22(27)24-5-2)25(14-17-8-6-7-9-19(17)23)21(26)15-28-18-12-10-16(3)11-13-18/h6-13,20H,4-5,14-15H2,1-3H3,(H,24,27)/t20-/m1/s1. The van der Waals surface area contributed by atoms with Crippen LogP contribution in [0.2, 0.25) is 5.02 Å². The van der Waals surface area contributed by atoms with Gasteiger partial charge in [0.05, 0.1) is 5.75 Å². The normalized spacial score (nSPS) is 11.7. The summed E-state index contributed by atoms with van der Waals surface area (Å²) in [5.41, 5.74) is 2.01. The van der Waals surface area contributed by atoms with Crippen molar-refractivity contribution < 1.29 is 9.59 Å². The number of carbonyl (C=O) groups is 2. The summed E-state index contributed by atoms with van der Waals surface area (Å²) < 4.78 is 0. The van der Waals surface area contributed by atoms with Crippen LogP contribution in [0.4, 0.5) is 0 Å². The second kappa shape index (κ2) is 11.1. The quantitative estimate of drug-likeness (QED) is 0.601. The van der Waals surface area contributed by atoms with Gasteiger partial charge in [-0.2, -0.15) is 0 Å². The molecule has 0 saturated carbocycles. The fraction of sp³-hybridized carbons (Fsp3) is 0.364. The molecule has 0 fully saturated rings. The molecule has 1 atom stereocenters. The summed E-state index contributed by atoms with van der Waals surface area (Å²) in [5, 5.41) is 3.43. The first kappa shape index (κ1) is 22.3. The molecule has 0 spiro atoms. The summed E-state index contributed by atoms with van der Waals surface area (Å²) in [6.45, 7) is 6.66. The minimum atomic E-state index is -0.526. The van der Waals surface area contributed by atoms with E-state index in [-0.39, 0.29) is 17.6 Å². The molecule has 6 heteroatoms. The van der Waals surface area contributed by atoms with Crippen molar-refractivity contribution in [1.29, 1.82) is 0 Å². The van der Waals surface area contributed by atoms with Gasteiger partial charge in [-0.15, -0.1) is 11.8 Å². The molecule has 1 N–H and O–H groups in total. The predicted molar refractivity (Wildman–Crippen MR) is 117 cm³/mol. The third-order valence-electron chi connectivity index (χ3n) is 4.42. The molecular weight excluding hydrogens is 392 g/mol. The monoisotopic (exact) mass is 418 g/mol. The second-order valence-electron chi connectivity index (χ2n) is 6.53. The van der Waals surface area contributed by atoms with Crippen molar-refractivity contribution in [2.75, 3.05) is 12.3 Å². The third kappa shape index (κ3) is 6.28. The summed E-state index contributed by atoms with van der Waals surface area (Å²) in [5.74, 6) is 0.0537. The second-order valence-corrected chi connectivity index (χ2v) is 7.99. The maximum Gasteiger partial charge on any atom is 0.242 e. The van der Waals surface area contributed by atoms with Crippen LogP contribution < -0.4 is 5.32 Å². The van der Waals surface area contributed by atoms with E-state index in [1.807, 2.05) is 63.2 Å². The first-order chi connectivity index (χ1) is 13.5. The van der Waals surface area contributed by atoms with E-state index in [1.54, 1.807) is 11.0 Å². The van der Waals surface area contributed by atoms with E-state index in [0.29, 0.717) is 24.5 Å². The van der Waals surface area contributed by atoms with Gasteiger partial charge in [-0.05, 0) is 44.0 Å². The average molecular weight is 419 g/mol. The molecule has 0 aliphatic rings. The Bertz CT molecular complexity index is 795. The molecule has 0 bridgehead atoms. The van der Waals surface area contributed by atoms with Gasteiger partial charge in [-0.3, -0.25) is 9.59 Å². The molecule has 0 aromatic heterocycles. The molecule has 2 rings (SSSR count). The number of aryl methyl sites for hydroxylation is 1. The number of nitrogens with one attached hydrogen (secondary N) is 1. The molecule has 0 heterocycles. The molecule has 0 aliphatic heterocycles. The van der Waals surface area contributed by atoms with Crippen LogP contribution in [0.15, 0.2) is 53.4 Å². The van der Waals surface area contributed by atoms with Crippen LogP contribution in [-0.4, -0.2) is 35.1 Å². The van der Waals surface area contributed by atoms with Gasteiger partial charge in [-0.1, -0.05) is 54.4 Å². The van der Waals surface area contributed by atoms with Crippen molar-refractivity contribution in [3.8, 4) is 0 Å². The predicted octanol–water partition coefficient (Wildman–Crippen LogP) is 4.68. The van der Waals surface area contributed by atoms with E-state index in [9.17, 15) is 9.59 Å². The Morgan fingerprint density at radius 2 is 1.79 bits per heavy atom. The van der Waals surface area contributed by atoms with Crippen LogP contribution in [0.25, 0.3) is 0 Å². The van der Waals surface area contributed by atoms with Gasteiger partial charge in [0.1, 0.15) is 6.04 Å². The summed E-state index contributed by atoms with van der Waals surface area (Å²) in [4.78, 5) is 28.3. The van der Waals surface area contributed by atoms with Crippen LogP contribution in [0.5, 0.6) is 0 Å². The van der Waals surface area contributed by atoms with E-state index in [2.05, 4.69) is 5.32 Å². The number of halogens is 1. The molecule has 4 nitrogen and oxygen atoms in total. The van der Waals surface area contributed by atoms with E-state index in [4.69, 9.17) is 11.6 Å². The van der Waals surface area contributed by atoms with Gasteiger partial charge in [0, 0.05) is 23.0 Å². The lowest BCUT2D eigenvalue weighted by molar-refractivity contribution is -0.139. The Balaban J connectivity index is 2.20. The Hall–Kier alpha value is -1.98. The molecule has 0 saturated heterocycles. The smallest absolute Gasteiger partial charge is 0.242 e. The summed E-state index contributed by atoms with van der Waals surface area (Å²) in [6.07, 6.45) is 0.539. The molecular formula is C22H27ClN2O2S. The Labute approximate surface area is 176 Å². The van der Waals surface area contributed by atoms with Crippen molar-refractivity contribution in [3.05, 3.63) is 64.7 Å². The van der Waals surface area contributed by atoms with Gasteiger partial charge < -0.3 is 10.2 Å². The molecule has 0 radical (unpaired) electrons. The minimum Gasteiger partial charge on any atom is -0.355 e. The lowest BCUT2D eigenvalue weighted by Gasteiger charge is -2.30. The summed E-state index contributed by atoms with van der Waals surface area (Å²) in [6, 6.07) is 15.0. The van der Waals surface area contributed by atoms with Crippen LogP contribution in [0, 0.1) is 6.92 Å². The van der Waals surface area contributed by atoms with Crippen molar-refractivity contribution in [2.24, 2.45) is 0 Å². The maximum absolute atomic E-state index is 13.1. The van der Waals surface area contributed by atoms with E-state index in [0.717, 1.165) is 10.5 Å². The van der Waals surface area contributed by atoms with E-state index < -0.39 is 6.04 Å². The molecule has 0 unspecified atom stereocenters. The Morgan fingerprint density at radius 3 is 2.39 bits per heavy atom. The first-order valence-corrected chi connectivity index (χ1v) is 10.8. The fourth-order valence-corrected chi connectivity index (χ4v) is 3.86. The number of nitrogens with zero attached hydrogens (tertiary/aromatic N) is 1. The number of carbonyl (C=O) groups excluding carboxylic acids is 2. The van der Waals surface area contributed by atoms with Crippen molar-refractivity contribution >= 4 is 35.2 Å². The largest absolute Gasteiger partial charge is 0.355 e. The SMILES string of the molecule is CCNC(=O)[C@@H](CC)N(Cc1ccccc1Cl)C(=O)CSc1ccc(C)cc1. The highest BCUT2D eigenvalue weighted by atomic mass is 35.5. The molecule has 28 heavy (non-hydrogen) atoms. The number of rotatable bonds is 9. The van der Waals surface area contributed by atoms with Crippen LogP contribution in [0.1, 0.15) is 31.4 Å². The molecule has 0 aliphatic carbocycles. The van der Waals surface area contributed by atoms with E-state index in [1.165, 1.54) is 17.3 Å². The Morgan fingerprint density at radius 1 is 1.11 bits per heavy atom.